The summed E-state index contributed by atoms with van der Waals surface area (Å²) in [5.74, 6) is 0.901. The number of nitrogens with one attached hydrogen (secondary N) is 1. The van der Waals surface area contributed by atoms with Crippen molar-refractivity contribution in [3.8, 4) is 0 Å². The van der Waals surface area contributed by atoms with E-state index in [0.29, 0.717) is 30.6 Å². The number of piperazine rings is 1. The van der Waals surface area contributed by atoms with E-state index in [1.807, 2.05) is 0 Å². The molecule has 1 N–H and O–H groups in total. The van der Waals surface area contributed by atoms with Crippen LogP contribution in [0.1, 0.15) is 43.1 Å². The molecule has 0 spiro atoms. The molecule has 1 aromatic rings. The molecule has 1 aromatic heterocycles. The summed E-state index contributed by atoms with van der Waals surface area (Å²) in [6.07, 6.45) is 4.63. The van der Waals surface area contributed by atoms with E-state index in [9.17, 15) is 9.59 Å². The van der Waals surface area contributed by atoms with Gasteiger partial charge in [-0.15, -0.1) is 0 Å². The molecule has 2 amide bonds. The zero-order valence-corrected chi connectivity index (χ0v) is 11.8. The maximum atomic E-state index is 12.5. The number of amides is 2. The number of nitrogens with zero attached hydrogens (tertiary/aromatic N) is 2. The quantitative estimate of drug-likeness (QED) is 0.893. The van der Waals surface area contributed by atoms with Crippen molar-refractivity contribution in [2.24, 2.45) is 5.92 Å². The van der Waals surface area contributed by atoms with Crippen molar-refractivity contribution in [3.05, 3.63) is 17.8 Å². The molecule has 2 fully saturated rings. The van der Waals surface area contributed by atoms with Gasteiger partial charge in [0.05, 0.1) is 0 Å². The van der Waals surface area contributed by atoms with Gasteiger partial charge in [-0.1, -0.05) is 0 Å². The van der Waals surface area contributed by atoms with E-state index < -0.39 is 5.54 Å². The van der Waals surface area contributed by atoms with Crippen molar-refractivity contribution in [1.29, 1.82) is 0 Å². The standard InChI is InChI=1S/C14H19N3O3/c1-14(2)13(19)15-5-6-17(14)12(18)10-8-20-11(16-10)7-9-3-4-9/h8-9H,3-7H2,1-2H3,(H,15,19). The van der Waals surface area contributed by atoms with Crippen LogP contribution in [0.2, 0.25) is 0 Å². The summed E-state index contributed by atoms with van der Waals surface area (Å²) in [4.78, 5) is 30.2. The summed E-state index contributed by atoms with van der Waals surface area (Å²) < 4.78 is 5.36. The largest absolute Gasteiger partial charge is 0.448 e. The number of rotatable bonds is 3. The zero-order valence-electron chi connectivity index (χ0n) is 11.8. The predicted molar refractivity (Wildman–Crippen MR) is 71.1 cm³/mol. The number of aromatic nitrogens is 1. The van der Waals surface area contributed by atoms with Crippen molar-refractivity contribution in [2.75, 3.05) is 13.1 Å². The van der Waals surface area contributed by atoms with Gasteiger partial charge in [-0.25, -0.2) is 4.98 Å². The van der Waals surface area contributed by atoms with Gasteiger partial charge in [0.1, 0.15) is 11.8 Å². The first-order chi connectivity index (χ1) is 9.48. The lowest BCUT2D eigenvalue weighted by atomic mass is 9.98. The predicted octanol–water partition coefficient (Wildman–Crippen LogP) is 0.978. The van der Waals surface area contributed by atoms with E-state index in [4.69, 9.17) is 4.42 Å². The Labute approximate surface area is 117 Å². The maximum absolute atomic E-state index is 12.5. The highest BCUT2D eigenvalue weighted by atomic mass is 16.3. The van der Waals surface area contributed by atoms with Crippen molar-refractivity contribution in [1.82, 2.24) is 15.2 Å². The first-order valence-electron chi connectivity index (χ1n) is 7.03. The molecule has 2 aliphatic rings. The second-order valence-electron chi connectivity index (χ2n) is 6.05. The number of carbonyl (C=O) groups is 2. The molecule has 0 unspecified atom stereocenters. The second-order valence-corrected chi connectivity index (χ2v) is 6.05. The summed E-state index contributed by atoms with van der Waals surface area (Å²) in [6, 6.07) is 0. The number of oxazole rings is 1. The Kier molecular flexibility index (Phi) is 3.03. The van der Waals surface area contributed by atoms with Gasteiger partial charge in [0.2, 0.25) is 5.91 Å². The fourth-order valence-electron chi connectivity index (χ4n) is 2.47. The lowest BCUT2D eigenvalue weighted by Gasteiger charge is -2.40. The summed E-state index contributed by atoms with van der Waals surface area (Å²) in [5.41, 5.74) is -0.561. The Balaban J connectivity index is 1.76. The van der Waals surface area contributed by atoms with E-state index in [1.54, 1.807) is 18.7 Å². The Morgan fingerprint density at radius 3 is 3.00 bits per heavy atom. The van der Waals surface area contributed by atoms with Crippen LogP contribution >= 0.6 is 0 Å². The Morgan fingerprint density at radius 2 is 2.30 bits per heavy atom. The third-order valence-electron chi connectivity index (χ3n) is 4.03. The fourth-order valence-corrected chi connectivity index (χ4v) is 2.47. The zero-order chi connectivity index (χ0) is 14.3. The molecule has 3 rings (SSSR count). The van der Waals surface area contributed by atoms with Crippen molar-refractivity contribution in [2.45, 2.75) is 38.6 Å². The van der Waals surface area contributed by atoms with Gasteiger partial charge in [0, 0.05) is 19.5 Å². The minimum absolute atomic E-state index is 0.140. The molecule has 0 bridgehead atoms. The van der Waals surface area contributed by atoms with E-state index in [0.717, 1.165) is 6.42 Å². The highest BCUT2D eigenvalue weighted by Gasteiger charge is 2.41. The van der Waals surface area contributed by atoms with Gasteiger partial charge in [0.25, 0.3) is 5.91 Å². The average Bonchev–Trinajstić information content (AvgIpc) is 3.08. The normalized spacial score (nSPS) is 21.7. The van der Waals surface area contributed by atoms with E-state index in [1.165, 1.54) is 19.1 Å². The number of hydrogen-bond acceptors (Lipinski definition) is 4. The minimum Gasteiger partial charge on any atom is -0.448 e. The van der Waals surface area contributed by atoms with Crippen molar-refractivity contribution >= 4 is 11.8 Å². The molecule has 20 heavy (non-hydrogen) atoms. The molecule has 1 saturated heterocycles. The minimum atomic E-state index is -0.856. The van der Waals surface area contributed by atoms with Crippen molar-refractivity contribution in [3.63, 3.8) is 0 Å². The van der Waals surface area contributed by atoms with Crippen LogP contribution in [-0.4, -0.2) is 40.3 Å². The van der Waals surface area contributed by atoms with Crippen LogP contribution in [0.5, 0.6) is 0 Å². The van der Waals surface area contributed by atoms with Crippen molar-refractivity contribution < 1.29 is 14.0 Å². The Morgan fingerprint density at radius 1 is 1.55 bits per heavy atom. The molecule has 0 atom stereocenters. The lowest BCUT2D eigenvalue weighted by Crippen LogP contribution is -2.63. The fraction of sp³-hybridized carbons (Fsp3) is 0.643. The third kappa shape index (κ3) is 2.30. The van der Waals surface area contributed by atoms with Crippen LogP contribution in [-0.2, 0) is 11.2 Å². The highest BCUT2D eigenvalue weighted by Crippen LogP contribution is 2.32. The first kappa shape index (κ1) is 13.1. The molecule has 0 radical (unpaired) electrons. The lowest BCUT2D eigenvalue weighted by molar-refractivity contribution is -0.133. The second kappa shape index (κ2) is 4.61. The summed E-state index contributed by atoms with van der Waals surface area (Å²) >= 11 is 0. The molecule has 2 heterocycles. The van der Waals surface area contributed by atoms with E-state index >= 15 is 0 Å². The average molecular weight is 277 g/mol. The van der Waals surface area contributed by atoms with Crippen LogP contribution in [0, 0.1) is 5.92 Å². The van der Waals surface area contributed by atoms with Crippen LogP contribution in [0.4, 0.5) is 0 Å². The molecule has 6 heteroatoms. The van der Waals surface area contributed by atoms with Crippen LogP contribution < -0.4 is 5.32 Å². The third-order valence-corrected chi connectivity index (χ3v) is 4.03. The van der Waals surface area contributed by atoms with Gasteiger partial charge in [-0.2, -0.15) is 0 Å². The number of carbonyl (C=O) groups excluding carboxylic acids is 2. The van der Waals surface area contributed by atoms with Gasteiger partial charge in [-0.05, 0) is 32.6 Å². The van der Waals surface area contributed by atoms with Crippen LogP contribution in [0.25, 0.3) is 0 Å². The van der Waals surface area contributed by atoms with Gasteiger partial charge in [-0.3, -0.25) is 9.59 Å². The van der Waals surface area contributed by atoms with Crippen LogP contribution in [0.3, 0.4) is 0 Å². The topological polar surface area (TPSA) is 75.4 Å². The van der Waals surface area contributed by atoms with Gasteiger partial charge >= 0.3 is 0 Å². The smallest absolute Gasteiger partial charge is 0.276 e. The van der Waals surface area contributed by atoms with E-state index in [-0.39, 0.29) is 11.8 Å². The molecule has 1 saturated carbocycles. The molecule has 108 valence electrons. The summed E-state index contributed by atoms with van der Waals surface area (Å²) in [5, 5.41) is 2.77. The first-order valence-corrected chi connectivity index (χ1v) is 7.03. The molecule has 0 aromatic carbocycles. The molecular formula is C14H19N3O3. The van der Waals surface area contributed by atoms with Gasteiger partial charge < -0.3 is 14.6 Å². The SMILES string of the molecule is CC1(C)C(=O)NCCN1C(=O)c1coc(CC2CC2)n1. The van der Waals surface area contributed by atoms with Gasteiger partial charge in [0.15, 0.2) is 11.6 Å². The molecular weight excluding hydrogens is 258 g/mol. The number of hydrogen-bond donors (Lipinski definition) is 1. The summed E-state index contributed by atoms with van der Waals surface area (Å²) in [7, 11) is 0. The molecule has 6 nitrogen and oxygen atoms in total. The Bertz CT molecular complexity index is 546. The maximum Gasteiger partial charge on any atom is 0.276 e. The van der Waals surface area contributed by atoms with E-state index in [2.05, 4.69) is 10.3 Å². The monoisotopic (exact) mass is 277 g/mol. The van der Waals surface area contributed by atoms with Crippen LogP contribution in [0.15, 0.2) is 10.7 Å². The highest BCUT2D eigenvalue weighted by molar-refractivity contribution is 5.98. The Hall–Kier alpha value is -1.85. The summed E-state index contributed by atoms with van der Waals surface area (Å²) in [6.45, 7) is 4.44. The molecule has 1 aliphatic carbocycles. The molecule has 1 aliphatic heterocycles.